The number of nitrogens with zero attached hydrogens (tertiary/aromatic N) is 23. The number of benzene rings is 1. The van der Waals surface area contributed by atoms with Crippen molar-refractivity contribution in [3.8, 4) is 56.8 Å². The number of rotatable bonds is 25. The highest BCUT2D eigenvalue weighted by Gasteiger charge is 2.51. The fourth-order valence-corrected chi connectivity index (χ4v) is 17.7. The van der Waals surface area contributed by atoms with E-state index in [1.54, 1.807) is 73.8 Å². The number of carbonyl (C=O) groups is 6. The Labute approximate surface area is 857 Å². The summed E-state index contributed by atoms with van der Waals surface area (Å²) in [6, 6.07) is 21.1. The molecule has 776 valence electrons. The molecule has 17 aromatic rings. The Morgan fingerprint density at radius 3 is 1.18 bits per heavy atom. The van der Waals surface area contributed by atoms with E-state index in [0.717, 1.165) is 109 Å². The third-order valence-electron chi connectivity index (χ3n) is 27.8. The van der Waals surface area contributed by atoms with Gasteiger partial charge in [0.1, 0.15) is 85.2 Å². The maximum Gasteiger partial charge on any atom is 0.408 e. The second-order valence-corrected chi connectivity index (χ2v) is 41.7. The number of oxazole rings is 1. The molecule has 0 bridgehead atoms. The van der Waals surface area contributed by atoms with Gasteiger partial charge in [-0.25, -0.2) is 73.6 Å². The number of halogens is 6. The van der Waals surface area contributed by atoms with Gasteiger partial charge in [0.15, 0.2) is 80.3 Å². The minimum absolute atomic E-state index is 0.0286. The summed E-state index contributed by atoms with van der Waals surface area (Å²) in [6.45, 7) is 31.9. The molecular formula is C105H116ClF5N30O8. The molecule has 16 aromatic heterocycles. The van der Waals surface area contributed by atoms with Gasteiger partial charge < -0.3 is 46.2 Å². The number of aryl methyl sites for hydroxylation is 7. The van der Waals surface area contributed by atoms with Gasteiger partial charge in [-0.1, -0.05) is 30.6 Å². The first-order valence-electron chi connectivity index (χ1n) is 49.6. The SMILES string of the molecule is Cc1cc(-c2cc(Cl)c(F)cn2)nc2c(C(=O)N[C@@H](C)C3CC3)ncn12.Cc1cc(-c2ccc(F)cc2)nc2c(C(=O)N[C@@H](C)C(C)C)ncn12.Cc1cc(-c2ccn(C)n2)nc2c(C(=O)NC(C)(C)C3CC3)ncn12.Cc1cc(-c2ccon2)nc2c(C(=O)NC(C)(C)C3CC3)ncn12.Cc1cc(-c2cocn2)nc2c(C(=O)NC(C)(C)C3CC3)ncn12.Cc1cc(NC2CC2)nc2c(C(=O)NC(C3CC3)C(F)(F)F)ncn12. The molecule has 23 rings (SSSR count). The van der Waals surface area contributed by atoms with E-state index in [1.165, 1.54) is 56.3 Å². The second kappa shape index (κ2) is 41.5. The van der Waals surface area contributed by atoms with Gasteiger partial charge in [-0.15, -0.1) is 0 Å². The van der Waals surface area contributed by atoms with Crippen LogP contribution in [0.2, 0.25) is 5.02 Å². The molecular weight excluding hydrogens is 1940 g/mol. The molecule has 44 heteroatoms. The zero-order chi connectivity index (χ0) is 106. The molecule has 6 aliphatic carbocycles. The van der Waals surface area contributed by atoms with Crippen molar-refractivity contribution in [2.75, 3.05) is 5.32 Å². The van der Waals surface area contributed by atoms with Crippen LogP contribution in [-0.4, -0.2) is 194 Å². The zero-order valence-electron chi connectivity index (χ0n) is 85.4. The first-order valence-corrected chi connectivity index (χ1v) is 50.0. The lowest BCUT2D eigenvalue weighted by Crippen LogP contribution is -2.47. The van der Waals surface area contributed by atoms with Crippen molar-refractivity contribution in [2.45, 2.75) is 235 Å². The molecule has 6 saturated carbocycles. The van der Waals surface area contributed by atoms with Crippen molar-refractivity contribution in [1.29, 1.82) is 0 Å². The number of hydrogen-bond donors (Lipinski definition) is 7. The van der Waals surface area contributed by atoms with E-state index in [1.807, 2.05) is 132 Å². The summed E-state index contributed by atoms with van der Waals surface area (Å²) >= 11 is 5.85. The lowest BCUT2D eigenvalue weighted by atomic mass is 9.98. The van der Waals surface area contributed by atoms with Crippen LogP contribution in [-0.2, 0) is 7.05 Å². The van der Waals surface area contributed by atoms with Gasteiger partial charge in [-0.2, -0.15) is 18.3 Å². The molecule has 0 aliphatic heterocycles. The fraction of sp³-hybridized carbons (Fsp3) is 0.410. The van der Waals surface area contributed by atoms with Crippen LogP contribution in [0.3, 0.4) is 0 Å². The Morgan fingerprint density at radius 1 is 0.416 bits per heavy atom. The zero-order valence-corrected chi connectivity index (χ0v) is 86.2. The minimum atomic E-state index is -4.46. The number of fused-ring (bicyclic) bond motifs is 6. The smallest absolute Gasteiger partial charge is 0.408 e. The van der Waals surface area contributed by atoms with E-state index in [9.17, 15) is 50.7 Å². The third kappa shape index (κ3) is 23.5. The average Bonchev–Trinajstić information content (AvgIpc) is 1.63. The molecule has 1 unspecified atom stereocenters. The molecule has 3 atom stereocenters. The van der Waals surface area contributed by atoms with E-state index in [4.69, 9.17) is 20.5 Å². The summed E-state index contributed by atoms with van der Waals surface area (Å²) in [5, 5.41) is 28.9. The molecule has 6 amide bonds. The van der Waals surface area contributed by atoms with E-state index in [2.05, 4.69) is 159 Å². The maximum atomic E-state index is 13.4. The minimum Gasteiger partial charge on any atom is -0.451 e. The quantitative estimate of drug-likeness (QED) is 0.0261. The summed E-state index contributed by atoms with van der Waals surface area (Å²) in [7, 11) is 1.87. The Hall–Kier alpha value is -15.7. The van der Waals surface area contributed by atoms with Crippen LogP contribution in [0.5, 0.6) is 0 Å². The van der Waals surface area contributed by atoms with Crippen molar-refractivity contribution in [3.63, 3.8) is 0 Å². The first kappa shape index (κ1) is 103. The van der Waals surface area contributed by atoms with E-state index in [-0.39, 0.29) is 86.1 Å². The summed E-state index contributed by atoms with van der Waals surface area (Å²) in [6.07, 6.45) is 24.7. The van der Waals surface area contributed by atoms with Crippen LogP contribution in [0, 0.1) is 88.7 Å². The molecule has 7 N–H and O–H groups in total. The highest BCUT2D eigenvalue weighted by Crippen LogP contribution is 2.44. The molecule has 1 aromatic carbocycles. The van der Waals surface area contributed by atoms with Crippen molar-refractivity contribution >= 4 is 86.7 Å². The lowest BCUT2D eigenvalue weighted by molar-refractivity contribution is -0.158. The van der Waals surface area contributed by atoms with Gasteiger partial charge in [-0.3, -0.25) is 64.8 Å². The van der Waals surface area contributed by atoms with Crippen LogP contribution in [0.25, 0.3) is 90.7 Å². The molecule has 149 heavy (non-hydrogen) atoms. The Balaban J connectivity index is 0.000000117. The monoisotopic (exact) mass is 2050 g/mol. The molecule has 38 nitrogen and oxygen atoms in total. The summed E-state index contributed by atoms with van der Waals surface area (Å²) in [5.41, 5.74) is 15.4. The maximum absolute atomic E-state index is 13.4. The number of aromatic nitrogens is 23. The van der Waals surface area contributed by atoms with Gasteiger partial charge in [0, 0.05) is 99.8 Å². The molecule has 16 heterocycles. The number of imidazole rings is 6. The predicted molar refractivity (Wildman–Crippen MR) is 544 cm³/mol. The normalized spacial score (nSPS) is 15.3. The van der Waals surface area contributed by atoms with Crippen LogP contribution in [0.15, 0.2) is 157 Å². The van der Waals surface area contributed by atoms with Crippen LogP contribution in [0.1, 0.15) is 243 Å². The average molecular weight is 2060 g/mol. The molecule has 6 fully saturated rings. The van der Waals surface area contributed by atoms with E-state index in [0.29, 0.717) is 145 Å². The van der Waals surface area contributed by atoms with Crippen molar-refractivity contribution in [1.82, 2.24) is 143 Å². The largest absolute Gasteiger partial charge is 0.451 e. The number of amides is 6. The Kier molecular flexibility index (Phi) is 28.8. The number of anilines is 1. The molecule has 0 spiro atoms. The first-order chi connectivity index (χ1) is 70.9. The van der Waals surface area contributed by atoms with Gasteiger partial charge in [-0.05, 0) is 276 Å². The van der Waals surface area contributed by atoms with E-state index >= 15 is 0 Å². The highest BCUT2D eigenvalue weighted by atomic mass is 35.5. The predicted octanol–water partition coefficient (Wildman–Crippen LogP) is 17.3. The van der Waals surface area contributed by atoms with Crippen molar-refractivity contribution in [2.24, 2.45) is 42.6 Å². The number of hydrogen-bond acceptors (Lipinski definition) is 25. The molecule has 0 radical (unpaired) electrons. The number of carbonyl (C=O) groups excluding carboxylic acids is 6. The van der Waals surface area contributed by atoms with Crippen LogP contribution < -0.4 is 37.2 Å². The van der Waals surface area contributed by atoms with Crippen molar-refractivity contribution < 1.29 is 59.7 Å². The number of alkyl halides is 3. The molecule has 6 aliphatic rings. The van der Waals surface area contributed by atoms with Gasteiger partial charge >= 0.3 is 6.18 Å². The standard InChI is InChI=1S/C19H21FN4O.C18H17ClFN5O.C18H22N6O.2C17H19N5O2.C16H18F3N5O/c1-11(2)13(4)22-19(25)17-18-23-16(9-12(3)24(18)10-21-17)14-5-7-15(20)8-6-14;1-9-5-15(14-6-12(19)13(20)7-21-14)24-17-16(22-8-25(9)17)18(26)23-10(2)11-3-4-11;1-11-9-14(13-7-8-23(4)22-13)20-16-15(19-10-24(11)16)17(25)21-18(2,3)12-5-6-12;1-10-6-12(13-7-24-9-19-13)20-15-14(18-8-22(10)15)16(23)21-17(2,3)11-4-5-11;1-10-8-13(12-6-7-24-21-12)19-15-14(18-9-22(10)15)16(23)20-17(2,3)11-4-5-11;1-8-6-11(21-10-4-5-10)22-14-12(20-7-24(8)14)15(25)23-13(9-2-3-9)16(17,18)19/h5-11,13H,1-4H3,(H,22,25);5-8,10-11H,3-4H2,1-2H3,(H,23,26);7-10,12H,5-6H2,1-4H3,(H,21,25);6-9,11H,4-5H2,1-3H3,(H,21,23);6-9,11H,4-5H2,1-3H3,(H,20,23);6-7,9-10,13H,2-5H2,1H3,(H,21,22)(H,23,25)/t13-;10-;;;;/m00..../s1. The van der Waals surface area contributed by atoms with Crippen molar-refractivity contribution in [3.05, 3.63) is 233 Å². The lowest BCUT2D eigenvalue weighted by Gasteiger charge is -2.25. The summed E-state index contributed by atoms with van der Waals surface area (Å²) < 4.78 is 88.2. The Morgan fingerprint density at radius 2 is 0.805 bits per heavy atom. The second-order valence-electron chi connectivity index (χ2n) is 41.2. The topological polar surface area (TPSA) is 451 Å². The Bertz CT molecular complexity index is 7760. The van der Waals surface area contributed by atoms with Gasteiger partial charge in [0.2, 0.25) is 0 Å². The molecule has 0 saturated heterocycles. The highest BCUT2D eigenvalue weighted by molar-refractivity contribution is 6.31. The third-order valence-corrected chi connectivity index (χ3v) is 28.1. The fourth-order valence-electron chi connectivity index (χ4n) is 17.6. The van der Waals surface area contributed by atoms with Crippen LogP contribution >= 0.6 is 11.6 Å². The van der Waals surface area contributed by atoms with Gasteiger partial charge in [0.25, 0.3) is 35.4 Å². The van der Waals surface area contributed by atoms with E-state index < -0.39 is 29.9 Å². The summed E-state index contributed by atoms with van der Waals surface area (Å²) in [5.74, 6) is -0.236. The summed E-state index contributed by atoms with van der Waals surface area (Å²) in [4.78, 5) is 137. The van der Waals surface area contributed by atoms with Gasteiger partial charge in [0.05, 0.1) is 45.4 Å². The number of nitrogens with one attached hydrogen (secondary N) is 7. The number of pyridine rings is 1. The van der Waals surface area contributed by atoms with Crippen LogP contribution in [0.4, 0.5) is 27.8 Å².